The minimum absolute atomic E-state index is 0. The Balaban J connectivity index is -0.0000000257. The summed E-state index contributed by atoms with van der Waals surface area (Å²) in [6.07, 6.45) is 0. The van der Waals surface area contributed by atoms with Crippen molar-refractivity contribution in [2.75, 3.05) is 0 Å². The molecule has 0 aromatic rings. The normalized spacial score (nSPS) is 5.33. The van der Waals surface area contributed by atoms with E-state index in [0.717, 1.165) is 0 Å². The van der Waals surface area contributed by atoms with Gasteiger partial charge in [0.05, 0.1) is 20.3 Å². The Kier molecular flexibility index (Phi) is 58.9. The Morgan fingerprint density at radius 3 is 0.444 bits per heavy atom. The zero-order valence-corrected chi connectivity index (χ0v) is 11.1. The number of nitrogens with zero attached hydrogens (tertiary/aromatic N) is 4. The van der Waals surface area contributed by atoms with Gasteiger partial charge in [-0.05, 0) is 0 Å². The molecular weight excluding hydrogens is 327 g/mol. The van der Waals surface area contributed by atoms with E-state index in [9.17, 15) is 0 Å². The Bertz CT molecular complexity index is 164. The Hall–Kier alpha value is -1.68. The molecular formula is FeN4NaO12. The van der Waals surface area contributed by atoms with Crippen molar-refractivity contribution < 1.29 is 67.0 Å². The predicted octanol–water partition coefficient (Wildman–Crippen LogP) is -3.95. The van der Waals surface area contributed by atoms with Gasteiger partial charge in [-0.1, -0.05) is 0 Å². The molecule has 0 aromatic carbocycles. The average Bonchev–Trinajstić information content (AvgIpc) is 1.76. The molecule has 0 aliphatic carbocycles. The Labute approximate surface area is 128 Å². The van der Waals surface area contributed by atoms with Crippen molar-refractivity contribution in [2.45, 2.75) is 0 Å². The van der Waals surface area contributed by atoms with Gasteiger partial charge >= 0.3 is 46.6 Å². The zero-order valence-electron chi connectivity index (χ0n) is 8.04. The molecule has 0 atom stereocenters. The van der Waals surface area contributed by atoms with Crippen LogP contribution in [0.5, 0.6) is 0 Å². The molecule has 0 aliphatic rings. The van der Waals surface area contributed by atoms with Crippen LogP contribution < -0.4 is 29.6 Å². The molecule has 0 aliphatic heterocycles. The fraction of sp³-hybridized carbons (Fsp3) is 0. The van der Waals surface area contributed by atoms with E-state index in [0.29, 0.717) is 0 Å². The van der Waals surface area contributed by atoms with E-state index in [4.69, 9.17) is 61.3 Å². The van der Waals surface area contributed by atoms with Gasteiger partial charge in [0.1, 0.15) is 0 Å². The van der Waals surface area contributed by atoms with Crippen LogP contribution in [-0.2, 0) is 17.1 Å². The van der Waals surface area contributed by atoms with Gasteiger partial charge in [-0.3, -0.25) is 0 Å². The van der Waals surface area contributed by atoms with Crippen LogP contribution in [0.3, 0.4) is 0 Å². The third-order valence-corrected chi connectivity index (χ3v) is 0. The van der Waals surface area contributed by atoms with Crippen LogP contribution in [0.25, 0.3) is 0 Å². The zero-order chi connectivity index (χ0) is 14.3. The van der Waals surface area contributed by atoms with Gasteiger partial charge in [-0.25, -0.2) is 0 Å². The Morgan fingerprint density at radius 1 is 0.444 bits per heavy atom. The van der Waals surface area contributed by atoms with Crippen LogP contribution in [0.2, 0.25) is 0 Å². The van der Waals surface area contributed by atoms with E-state index in [1.807, 2.05) is 0 Å². The molecule has 0 unspecified atom stereocenters. The van der Waals surface area contributed by atoms with Gasteiger partial charge in [0.2, 0.25) is 0 Å². The topological polar surface area (TPSA) is 265 Å². The van der Waals surface area contributed by atoms with Crippen molar-refractivity contribution in [3.8, 4) is 0 Å². The second kappa shape index (κ2) is 29.5. The van der Waals surface area contributed by atoms with Crippen molar-refractivity contribution in [3.63, 3.8) is 0 Å². The fourth-order valence-electron chi connectivity index (χ4n) is 0. The van der Waals surface area contributed by atoms with E-state index in [2.05, 4.69) is 0 Å². The molecule has 1 radical (unpaired) electrons. The molecule has 18 heavy (non-hydrogen) atoms. The SMILES string of the molecule is O=[N+]([O-])[O-].O=[N+]([O-])[O-].O=[N+]([O-])[O-].O=[N+]([O-])[O-].[Fe+3].[Na+]. The summed E-state index contributed by atoms with van der Waals surface area (Å²) in [5.41, 5.74) is 0. The molecule has 0 saturated carbocycles. The fourth-order valence-corrected chi connectivity index (χ4v) is 0. The molecule has 0 fully saturated rings. The molecule has 0 N–H and O–H groups in total. The largest absolute Gasteiger partial charge is 3.00 e. The van der Waals surface area contributed by atoms with Crippen LogP contribution in [-0.4, -0.2) is 20.3 Å². The molecule has 0 saturated heterocycles. The molecule has 0 aromatic heterocycles. The molecule has 0 spiro atoms. The van der Waals surface area contributed by atoms with E-state index in [1.165, 1.54) is 0 Å². The molecule has 0 rings (SSSR count). The van der Waals surface area contributed by atoms with Crippen molar-refractivity contribution in [2.24, 2.45) is 0 Å². The summed E-state index contributed by atoms with van der Waals surface area (Å²) in [5, 5.41) is 59.0. The van der Waals surface area contributed by atoms with Crippen molar-refractivity contribution >= 4 is 0 Å². The predicted molar refractivity (Wildman–Crippen MR) is 41.4 cm³/mol. The van der Waals surface area contributed by atoms with Gasteiger partial charge in [0.25, 0.3) is 0 Å². The van der Waals surface area contributed by atoms with E-state index in [1.54, 1.807) is 0 Å². The minimum Gasteiger partial charge on any atom is -0.356 e. The molecule has 18 heteroatoms. The second-order valence-corrected chi connectivity index (χ2v) is 0.894. The van der Waals surface area contributed by atoms with E-state index >= 15 is 0 Å². The van der Waals surface area contributed by atoms with Crippen LogP contribution in [0, 0.1) is 61.3 Å². The molecule has 0 heterocycles. The summed E-state index contributed by atoms with van der Waals surface area (Å²) < 4.78 is 0. The summed E-state index contributed by atoms with van der Waals surface area (Å²) in [6, 6.07) is 0. The third kappa shape index (κ3) is 900. The number of rotatable bonds is 0. The van der Waals surface area contributed by atoms with E-state index < -0.39 is 20.3 Å². The molecule has 0 amide bonds. The maximum atomic E-state index is 8.25. The summed E-state index contributed by atoms with van der Waals surface area (Å²) in [6.45, 7) is 0. The summed E-state index contributed by atoms with van der Waals surface area (Å²) in [5.74, 6) is 0. The van der Waals surface area contributed by atoms with Gasteiger partial charge in [-0.2, -0.15) is 0 Å². The molecule has 0 bridgehead atoms. The van der Waals surface area contributed by atoms with Gasteiger partial charge in [0, 0.05) is 0 Å². The number of hydrogen-bond acceptors (Lipinski definition) is 12. The maximum Gasteiger partial charge on any atom is 3.00 e. The Morgan fingerprint density at radius 2 is 0.444 bits per heavy atom. The smallest absolute Gasteiger partial charge is 0.356 e. The van der Waals surface area contributed by atoms with Gasteiger partial charge < -0.3 is 61.3 Å². The van der Waals surface area contributed by atoms with E-state index in [-0.39, 0.29) is 46.6 Å². The second-order valence-electron chi connectivity index (χ2n) is 0.894. The summed E-state index contributed by atoms with van der Waals surface area (Å²) in [4.78, 5) is 33.0. The van der Waals surface area contributed by atoms with Crippen LogP contribution in [0.1, 0.15) is 0 Å². The molecule has 16 nitrogen and oxygen atoms in total. The van der Waals surface area contributed by atoms with Gasteiger partial charge in [0.15, 0.2) is 0 Å². The first-order chi connectivity index (χ1) is 6.93. The van der Waals surface area contributed by atoms with Crippen LogP contribution >= 0.6 is 0 Å². The summed E-state index contributed by atoms with van der Waals surface area (Å²) in [7, 11) is 0. The maximum absolute atomic E-state index is 8.25. The standard InChI is InChI=1S/Fe.4NO3.Na/c;4*2-1(3)4;/q+3;4*-1;+1. The average molecular weight is 327 g/mol. The minimum atomic E-state index is -1.75. The van der Waals surface area contributed by atoms with Crippen molar-refractivity contribution in [3.05, 3.63) is 61.3 Å². The first kappa shape index (κ1) is 36.0. The van der Waals surface area contributed by atoms with Gasteiger partial charge in [-0.15, -0.1) is 0 Å². The van der Waals surface area contributed by atoms with Crippen molar-refractivity contribution in [1.82, 2.24) is 0 Å². The first-order valence-corrected chi connectivity index (χ1v) is 2.19. The number of hydrogen-bond donors (Lipinski definition) is 0. The summed E-state index contributed by atoms with van der Waals surface area (Å²) >= 11 is 0. The molecule has 101 valence electrons. The van der Waals surface area contributed by atoms with Crippen LogP contribution in [0.15, 0.2) is 0 Å². The monoisotopic (exact) mass is 327 g/mol. The van der Waals surface area contributed by atoms with Crippen molar-refractivity contribution in [1.29, 1.82) is 0 Å². The van der Waals surface area contributed by atoms with Crippen LogP contribution in [0.4, 0.5) is 0 Å². The first-order valence-electron chi connectivity index (χ1n) is 2.19. The third-order valence-electron chi connectivity index (χ3n) is 0. The quantitative estimate of drug-likeness (QED) is 0.234.